The van der Waals surface area contributed by atoms with Crippen LogP contribution in [0.4, 0.5) is 0 Å². The molecule has 1 fully saturated rings. The lowest BCUT2D eigenvalue weighted by Gasteiger charge is -2.09. The Labute approximate surface area is 103 Å². The number of hydrogen-bond donors (Lipinski definition) is 0. The monoisotopic (exact) mass is 234 g/mol. The molecule has 1 unspecified atom stereocenters. The molecule has 1 saturated carbocycles. The third-order valence-electron chi connectivity index (χ3n) is 3.78. The van der Waals surface area contributed by atoms with Crippen LogP contribution in [0.15, 0.2) is 12.3 Å². The highest BCUT2D eigenvalue weighted by molar-refractivity contribution is 5.80. The predicted octanol–water partition coefficient (Wildman–Crippen LogP) is 3.16. The summed E-state index contributed by atoms with van der Waals surface area (Å²) in [6, 6.07) is 2.67. The summed E-state index contributed by atoms with van der Waals surface area (Å²) in [4.78, 5) is 11.5. The Morgan fingerprint density at radius 3 is 2.88 bits per heavy atom. The SMILES string of the molecule is CCC(=O)C(C)Cc1ccn(C2CCCC2)n1. The van der Waals surface area contributed by atoms with E-state index in [9.17, 15) is 4.79 Å². The predicted molar refractivity (Wildman–Crippen MR) is 67.9 cm³/mol. The number of hydrogen-bond acceptors (Lipinski definition) is 2. The molecule has 1 aliphatic rings. The van der Waals surface area contributed by atoms with Gasteiger partial charge in [0.15, 0.2) is 0 Å². The highest BCUT2D eigenvalue weighted by Gasteiger charge is 2.18. The smallest absolute Gasteiger partial charge is 0.135 e. The van der Waals surface area contributed by atoms with Gasteiger partial charge >= 0.3 is 0 Å². The molecule has 3 heteroatoms. The van der Waals surface area contributed by atoms with E-state index in [1.807, 2.05) is 13.8 Å². The summed E-state index contributed by atoms with van der Waals surface area (Å²) in [7, 11) is 0. The molecule has 1 heterocycles. The van der Waals surface area contributed by atoms with Gasteiger partial charge < -0.3 is 0 Å². The fraction of sp³-hybridized carbons (Fsp3) is 0.714. The van der Waals surface area contributed by atoms with Crippen molar-refractivity contribution in [1.82, 2.24) is 9.78 Å². The van der Waals surface area contributed by atoms with Gasteiger partial charge in [-0.1, -0.05) is 26.7 Å². The number of carbonyl (C=O) groups is 1. The van der Waals surface area contributed by atoms with Crippen LogP contribution in [0.1, 0.15) is 57.7 Å². The lowest BCUT2D eigenvalue weighted by Crippen LogP contribution is -2.13. The van der Waals surface area contributed by atoms with E-state index in [2.05, 4.69) is 22.0 Å². The van der Waals surface area contributed by atoms with Gasteiger partial charge in [-0.05, 0) is 18.9 Å². The fourth-order valence-corrected chi connectivity index (χ4v) is 2.63. The van der Waals surface area contributed by atoms with Crippen molar-refractivity contribution in [2.75, 3.05) is 0 Å². The van der Waals surface area contributed by atoms with Gasteiger partial charge in [-0.25, -0.2) is 0 Å². The summed E-state index contributed by atoms with van der Waals surface area (Å²) < 4.78 is 2.10. The second-order valence-electron chi connectivity index (χ2n) is 5.15. The average molecular weight is 234 g/mol. The molecule has 1 atom stereocenters. The largest absolute Gasteiger partial charge is 0.299 e. The van der Waals surface area contributed by atoms with Crippen molar-refractivity contribution in [2.45, 2.75) is 58.4 Å². The molecule has 1 aliphatic carbocycles. The molecule has 0 bridgehead atoms. The molecule has 3 nitrogen and oxygen atoms in total. The van der Waals surface area contributed by atoms with Gasteiger partial charge in [-0.15, -0.1) is 0 Å². The Bertz CT molecular complexity index is 377. The Morgan fingerprint density at radius 2 is 2.24 bits per heavy atom. The van der Waals surface area contributed by atoms with Crippen LogP contribution in [0.3, 0.4) is 0 Å². The first-order valence-electron chi connectivity index (χ1n) is 6.77. The highest BCUT2D eigenvalue weighted by Crippen LogP contribution is 2.28. The third kappa shape index (κ3) is 2.96. The average Bonchev–Trinajstić information content (AvgIpc) is 2.97. The molecule has 17 heavy (non-hydrogen) atoms. The molecule has 0 aromatic carbocycles. The molecule has 0 spiro atoms. The van der Waals surface area contributed by atoms with E-state index in [-0.39, 0.29) is 5.92 Å². The minimum Gasteiger partial charge on any atom is -0.299 e. The second kappa shape index (κ2) is 5.48. The van der Waals surface area contributed by atoms with Crippen molar-refractivity contribution < 1.29 is 4.79 Å². The first kappa shape index (κ1) is 12.3. The highest BCUT2D eigenvalue weighted by atomic mass is 16.1. The van der Waals surface area contributed by atoms with Gasteiger partial charge in [0, 0.05) is 25.0 Å². The molecule has 2 rings (SSSR count). The van der Waals surface area contributed by atoms with E-state index in [4.69, 9.17) is 0 Å². The van der Waals surface area contributed by atoms with E-state index in [0.29, 0.717) is 18.2 Å². The summed E-state index contributed by atoms with van der Waals surface area (Å²) >= 11 is 0. The molecule has 0 amide bonds. The molecule has 0 saturated heterocycles. The van der Waals surface area contributed by atoms with Crippen LogP contribution in [0.5, 0.6) is 0 Å². The number of rotatable bonds is 5. The number of ketones is 1. The van der Waals surface area contributed by atoms with E-state index in [1.165, 1.54) is 25.7 Å². The molecule has 1 aromatic heterocycles. The third-order valence-corrected chi connectivity index (χ3v) is 3.78. The molecule has 0 N–H and O–H groups in total. The topological polar surface area (TPSA) is 34.9 Å². The van der Waals surface area contributed by atoms with Crippen molar-refractivity contribution >= 4 is 5.78 Å². The minimum absolute atomic E-state index is 0.104. The number of nitrogens with zero attached hydrogens (tertiary/aromatic N) is 2. The Hall–Kier alpha value is -1.12. The summed E-state index contributed by atoms with van der Waals surface area (Å²) in [5, 5.41) is 4.61. The van der Waals surface area contributed by atoms with Crippen molar-refractivity contribution in [3.8, 4) is 0 Å². The lowest BCUT2D eigenvalue weighted by molar-refractivity contribution is -0.122. The Balaban J connectivity index is 1.96. The van der Waals surface area contributed by atoms with Crippen LogP contribution in [-0.4, -0.2) is 15.6 Å². The van der Waals surface area contributed by atoms with Gasteiger partial charge in [-0.3, -0.25) is 9.48 Å². The van der Waals surface area contributed by atoms with Gasteiger partial charge in [0.05, 0.1) is 11.7 Å². The number of carbonyl (C=O) groups excluding carboxylic acids is 1. The van der Waals surface area contributed by atoms with Crippen LogP contribution in [0.25, 0.3) is 0 Å². The van der Waals surface area contributed by atoms with Crippen LogP contribution in [0.2, 0.25) is 0 Å². The zero-order chi connectivity index (χ0) is 12.3. The number of aromatic nitrogens is 2. The molecular weight excluding hydrogens is 212 g/mol. The first-order valence-corrected chi connectivity index (χ1v) is 6.77. The van der Waals surface area contributed by atoms with Crippen molar-refractivity contribution in [2.24, 2.45) is 5.92 Å². The maximum Gasteiger partial charge on any atom is 0.135 e. The van der Waals surface area contributed by atoms with E-state index >= 15 is 0 Å². The van der Waals surface area contributed by atoms with Crippen molar-refractivity contribution in [3.05, 3.63) is 18.0 Å². The van der Waals surface area contributed by atoms with Crippen LogP contribution in [0, 0.1) is 5.92 Å². The zero-order valence-corrected chi connectivity index (χ0v) is 10.9. The van der Waals surface area contributed by atoms with E-state index in [1.54, 1.807) is 0 Å². The normalized spacial score (nSPS) is 18.5. The van der Waals surface area contributed by atoms with Gasteiger partial charge in [0.25, 0.3) is 0 Å². The van der Waals surface area contributed by atoms with Gasteiger partial charge in [0.1, 0.15) is 5.78 Å². The molecule has 0 aliphatic heterocycles. The lowest BCUT2D eigenvalue weighted by atomic mass is 9.99. The summed E-state index contributed by atoms with van der Waals surface area (Å²) in [6.07, 6.45) is 8.65. The first-order chi connectivity index (χ1) is 8.20. The summed E-state index contributed by atoms with van der Waals surface area (Å²) in [5.41, 5.74) is 1.06. The quantitative estimate of drug-likeness (QED) is 0.784. The van der Waals surface area contributed by atoms with Crippen molar-refractivity contribution in [1.29, 1.82) is 0 Å². The second-order valence-corrected chi connectivity index (χ2v) is 5.15. The molecule has 94 valence electrons. The Morgan fingerprint density at radius 1 is 1.53 bits per heavy atom. The fourth-order valence-electron chi connectivity index (χ4n) is 2.63. The van der Waals surface area contributed by atoms with Crippen LogP contribution in [-0.2, 0) is 11.2 Å². The standard InChI is InChI=1S/C14H22N2O/c1-3-14(17)11(2)10-12-8-9-16(15-12)13-6-4-5-7-13/h8-9,11,13H,3-7,10H2,1-2H3. The maximum atomic E-state index is 11.5. The van der Waals surface area contributed by atoms with Crippen molar-refractivity contribution in [3.63, 3.8) is 0 Å². The van der Waals surface area contributed by atoms with Gasteiger partial charge in [0.2, 0.25) is 0 Å². The van der Waals surface area contributed by atoms with Crippen LogP contribution >= 0.6 is 0 Å². The summed E-state index contributed by atoms with van der Waals surface area (Å²) in [6.45, 7) is 3.93. The number of Topliss-reactive ketones (excluding diaryl/α,β-unsaturated/α-hetero) is 1. The Kier molecular flexibility index (Phi) is 3.97. The summed E-state index contributed by atoms with van der Waals surface area (Å²) in [5.74, 6) is 0.437. The molecule has 1 aromatic rings. The van der Waals surface area contributed by atoms with E-state index in [0.717, 1.165) is 12.1 Å². The maximum absolute atomic E-state index is 11.5. The van der Waals surface area contributed by atoms with Crippen LogP contribution < -0.4 is 0 Å². The van der Waals surface area contributed by atoms with Gasteiger partial charge in [-0.2, -0.15) is 5.10 Å². The minimum atomic E-state index is 0.104. The molecular formula is C14H22N2O. The van der Waals surface area contributed by atoms with E-state index < -0.39 is 0 Å². The molecule has 0 radical (unpaired) electrons. The zero-order valence-electron chi connectivity index (χ0n) is 10.9.